The lowest BCUT2D eigenvalue weighted by Gasteiger charge is -2.15. The number of halogens is 3. The van der Waals surface area contributed by atoms with Crippen LogP contribution in [0.3, 0.4) is 0 Å². The van der Waals surface area contributed by atoms with Gasteiger partial charge in [-0.15, -0.1) is 0 Å². The number of pyridine rings is 1. The summed E-state index contributed by atoms with van der Waals surface area (Å²) in [4.78, 5) is 33.4. The molecule has 194 valence electrons. The Balaban J connectivity index is 1.30. The topological polar surface area (TPSA) is 113 Å². The average molecular weight is 528 g/mol. The first-order valence-electron chi connectivity index (χ1n) is 11.7. The standard InChI is InChI=1S/C27H19F3N8O/c1-15-4-7-18(36-26(39)38-10-8-16-5-6-17(11-21(16)38)27(28,29)30)12-20(15)37-24-19(3-2-9-31-24)22-23-25(34-13-32-22)35-14-33-23/h2-14H,1H3,(H,31,37)(H,36,39)(H,32,33,34,35). The molecule has 4 heterocycles. The van der Waals surface area contributed by atoms with E-state index < -0.39 is 17.8 Å². The van der Waals surface area contributed by atoms with Crippen LogP contribution in [0.2, 0.25) is 0 Å². The third-order valence-corrected chi connectivity index (χ3v) is 6.26. The second kappa shape index (κ2) is 9.24. The number of H-pyrrole nitrogens is 1. The van der Waals surface area contributed by atoms with Crippen LogP contribution in [0.15, 0.2) is 79.6 Å². The molecule has 6 rings (SSSR count). The van der Waals surface area contributed by atoms with Crippen molar-refractivity contribution in [3.63, 3.8) is 0 Å². The van der Waals surface area contributed by atoms with Crippen molar-refractivity contribution in [2.75, 3.05) is 10.6 Å². The highest BCUT2D eigenvalue weighted by molar-refractivity contribution is 5.99. The average Bonchev–Trinajstić information content (AvgIpc) is 3.57. The summed E-state index contributed by atoms with van der Waals surface area (Å²) in [5.74, 6) is 0.517. The van der Waals surface area contributed by atoms with Gasteiger partial charge in [-0.25, -0.2) is 24.7 Å². The highest BCUT2D eigenvalue weighted by atomic mass is 19.4. The van der Waals surface area contributed by atoms with Gasteiger partial charge in [-0.05, 0) is 55.0 Å². The molecule has 0 aliphatic heterocycles. The first kappa shape index (κ1) is 24.1. The van der Waals surface area contributed by atoms with E-state index in [1.54, 1.807) is 36.8 Å². The highest BCUT2D eigenvalue weighted by Gasteiger charge is 2.31. The molecule has 0 radical (unpaired) electrons. The Morgan fingerprint density at radius 2 is 1.87 bits per heavy atom. The summed E-state index contributed by atoms with van der Waals surface area (Å²) in [6.07, 6.45) is 1.54. The summed E-state index contributed by atoms with van der Waals surface area (Å²) in [6.45, 7) is 1.89. The number of hydrogen-bond donors (Lipinski definition) is 3. The second-order valence-electron chi connectivity index (χ2n) is 8.76. The lowest BCUT2D eigenvalue weighted by molar-refractivity contribution is -0.137. The van der Waals surface area contributed by atoms with Crippen LogP contribution in [-0.4, -0.2) is 35.5 Å². The van der Waals surface area contributed by atoms with Crippen molar-refractivity contribution in [1.82, 2.24) is 29.5 Å². The fourth-order valence-corrected chi connectivity index (χ4v) is 4.29. The van der Waals surface area contributed by atoms with Crippen LogP contribution in [0.1, 0.15) is 11.1 Å². The number of aromatic nitrogens is 6. The largest absolute Gasteiger partial charge is 0.416 e. The van der Waals surface area contributed by atoms with Gasteiger partial charge in [0.25, 0.3) is 0 Å². The number of nitrogens with one attached hydrogen (secondary N) is 3. The van der Waals surface area contributed by atoms with E-state index in [1.807, 2.05) is 19.1 Å². The molecule has 3 N–H and O–H groups in total. The van der Waals surface area contributed by atoms with Crippen molar-refractivity contribution >= 4 is 45.3 Å². The van der Waals surface area contributed by atoms with E-state index in [4.69, 9.17) is 0 Å². The van der Waals surface area contributed by atoms with Crippen LogP contribution in [0.5, 0.6) is 0 Å². The molecule has 0 bridgehead atoms. The molecular weight excluding hydrogens is 509 g/mol. The molecule has 0 saturated carbocycles. The second-order valence-corrected chi connectivity index (χ2v) is 8.76. The number of rotatable bonds is 4. The number of aromatic amines is 1. The van der Waals surface area contributed by atoms with Crippen molar-refractivity contribution in [3.8, 4) is 11.3 Å². The Labute approximate surface area is 218 Å². The molecule has 9 nitrogen and oxygen atoms in total. The van der Waals surface area contributed by atoms with Gasteiger partial charge >= 0.3 is 12.2 Å². The quantitative estimate of drug-likeness (QED) is 0.240. The Hall–Kier alpha value is -5.26. The van der Waals surface area contributed by atoms with E-state index in [2.05, 4.69) is 35.6 Å². The summed E-state index contributed by atoms with van der Waals surface area (Å²) in [6, 6.07) is 13.2. The third-order valence-electron chi connectivity index (χ3n) is 6.26. The Kier molecular flexibility index (Phi) is 5.71. The number of amides is 1. The lowest BCUT2D eigenvalue weighted by Crippen LogP contribution is -2.18. The molecular formula is C27H19F3N8O. The number of hydrogen-bond acceptors (Lipinski definition) is 6. The number of imidazole rings is 1. The molecule has 0 saturated heterocycles. The van der Waals surface area contributed by atoms with Crippen LogP contribution in [0.25, 0.3) is 33.3 Å². The minimum absolute atomic E-state index is 0.153. The molecule has 4 aromatic heterocycles. The molecule has 39 heavy (non-hydrogen) atoms. The van der Waals surface area contributed by atoms with Gasteiger partial charge in [0.1, 0.15) is 23.4 Å². The van der Waals surface area contributed by atoms with E-state index in [9.17, 15) is 18.0 Å². The highest BCUT2D eigenvalue weighted by Crippen LogP contribution is 2.33. The maximum Gasteiger partial charge on any atom is 0.416 e. The zero-order chi connectivity index (χ0) is 27.1. The Morgan fingerprint density at radius 1 is 1.00 bits per heavy atom. The smallest absolute Gasteiger partial charge is 0.339 e. The molecule has 0 atom stereocenters. The number of alkyl halides is 3. The summed E-state index contributed by atoms with van der Waals surface area (Å²) in [7, 11) is 0. The zero-order valence-corrected chi connectivity index (χ0v) is 20.3. The van der Waals surface area contributed by atoms with Crippen molar-refractivity contribution in [1.29, 1.82) is 0 Å². The van der Waals surface area contributed by atoms with Crippen LogP contribution in [-0.2, 0) is 6.18 Å². The predicted octanol–water partition coefficient (Wildman–Crippen LogP) is 6.52. The Bertz CT molecular complexity index is 1860. The van der Waals surface area contributed by atoms with Crippen LogP contribution in [0.4, 0.5) is 35.2 Å². The summed E-state index contributed by atoms with van der Waals surface area (Å²) in [5, 5.41) is 6.58. The SMILES string of the molecule is Cc1ccc(NC(=O)n2ccc3ccc(C(F)(F)F)cc32)cc1Nc1ncccc1-c1ncnc2[nH]cnc12. The molecule has 1 amide bonds. The number of carbonyl (C=O) groups is 1. The zero-order valence-electron chi connectivity index (χ0n) is 20.3. The number of benzene rings is 2. The van der Waals surface area contributed by atoms with Crippen molar-refractivity contribution in [3.05, 3.63) is 90.8 Å². The fourth-order valence-electron chi connectivity index (χ4n) is 4.29. The van der Waals surface area contributed by atoms with Crippen molar-refractivity contribution in [2.24, 2.45) is 0 Å². The molecule has 0 aliphatic rings. The van der Waals surface area contributed by atoms with Crippen LogP contribution < -0.4 is 10.6 Å². The van der Waals surface area contributed by atoms with Gasteiger partial charge in [0.2, 0.25) is 0 Å². The third kappa shape index (κ3) is 4.52. The van der Waals surface area contributed by atoms with E-state index >= 15 is 0 Å². The Morgan fingerprint density at radius 3 is 2.72 bits per heavy atom. The molecule has 6 aromatic rings. The van der Waals surface area contributed by atoms with E-state index in [0.717, 1.165) is 22.3 Å². The van der Waals surface area contributed by atoms with Gasteiger partial charge in [0.15, 0.2) is 5.65 Å². The summed E-state index contributed by atoms with van der Waals surface area (Å²) < 4.78 is 40.8. The minimum Gasteiger partial charge on any atom is -0.339 e. The normalized spacial score (nSPS) is 11.7. The van der Waals surface area contributed by atoms with Gasteiger partial charge in [0, 0.05) is 34.7 Å². The predicted molar refractivity (Wildman–Crippen MR) is 141 cm³/mol. The van der Waals surface area contributed by atoms with Crippen LogP contribution in [0, 0.1) is 6.92 Å². The summed E-state index contributed by atoms with van der Waals surface area (Å²) >= 11 is 0. The molecule has 2 aromatic carbocycles. The van der Waals surface area contributed by atoms with Gasteiger partial charge < -0.3 is 15.6 Å². The molecule has 0 fully saturated rings. The maximum absolute atomic E-state index is 13.2. The minimum atomic E-state index is -4.52. The number of carbonyl (C=O) groups excluding carboxylic acids is 1. The number of aryl methyl sites for hydroxylation is 1. The maximum atomic E-state index is 13.2. The van der Waals surface area contributed by atoms with Crippen molar-refractivity contribution < 1.29 is 18.0 Å². The molecule has 0 aliphatic carbocycles. The lowest BCUT2D eigenvalue weighted by atomic mass is 10.1. The number of nitrogens with zero attached hydrogens (tertiary/aromatic N) is 5. The van der Waals surface area contributed by atoms with Gasteiger partial charge in [-0.1, -0.05) is 12.1 Å². The molecule has 0 spiro atoms. The van der Waals surface area contributed by atoms with Gasteiger partial charge in [0.05, 0.1) is 17.4 Å². The first-order chi connectivity index (χ1) is 18.8. The van der Waals surface area contributed by atoms with E-state index in [0.29, 0.717) is 45.0 Å². The first-order valence-corrected chi connectivity index (χ1v) is 11.7. The monoisotopic (exact) mass is 528 g/mol. The summed E-state index contributed by atoms with van der Waals surface area (Å²) in [5.41, 5.74) is 3.79. The van der Waals surface area contributed by atoms with Crippen molar-refractivity contribution in [2.45, 2.75) is 13.1 Å². The molecule has 12 heteroatoms. The number of fused-ring (bicyclic) bond motifs is 2. The van der Waals surface area contributed by atoms with Crippen LogP contribution >= 0.6 is 0 Å². The number of anilines is 3. The van der Waals surface area contributed by atoms with E-state index in [1.165, 1.54) is 18.6 Å². The molecule has 0 unspecified atom stereocenters. The van der Waals surface area contributed by atoms with Gasteiger partial charge in [-0.3, -0.25) is 4.57 Å². The fraction of sp³-hybridized carbons (Fsp3) is 0.0741. The van der Waals surface area contributed by atoms with Gasteiger partial charge in [-0.2, -0.15) is 13.2 Å². The van der Waals surface area contributed by atoms with E-state index in [-0.39, 0.29) is 5.52 Å².